The van der Waals surface area contributed by atoms with Gasteiger partial charge in [-0.05, 0) is 49.7 Å². The first-order chi connectivity index (χ1) is 9.77. The summed E-state index contributed by atoms with van der Waals surface area (Å²) in [5.41, 5.74) is 2.71. The average molecular weight is 304 g/mol. The van der Waals surface area contributed by atoms with Crippen molar-refractivity contribution in [3.63, 3.8) is 0 Å². The molecule has 0 heterocycles. The molecule has 0 spiro atoms. The van der Waals surface area contributed by atoms with Gasteiger partial charge in [0.2, 0.25) is 10.0 Å². The molecule has 2 aromatic rings. The summed E-state index contributed by atoms with van der Waals surface area (Å²) >= 11 is 0. The van der Waals surface area contributed by atoms with E-state index in [4.69, 9.17) is 5.14 Å². The number of amides is 1. The lowest BCUT2D eigenvalue weighted by Gasteiger charge is -2.10. The number of nitrogens with one attached hydrogen (secondary N) is 1. The van der Waals surface area contributed by atoms with E-state index >= 15 is 0 Å². The van der Waals surface area contributed by atoms with Gasteiger partial charge in [-0.2, -0.15) is 0 Å². The number of benzene rings is 2. The Hall–Kier alpha value is -2.18. The van der Waals surface area contributed by atoms with Crippen molar-refractivity contribution in [2.45, 2.75) is 18.7 Å². The van der Waals surface area contributed by atoms with E-state index in [-0.39, 0.29) is 10.8 Å². The first-order valence-corrected chi connectivity index (χ1v) is 7.83. The zero-order valence-corrected chi connectivity index (χ0v) is 12.6. The van der Waals surface area contributed by atoms with Gasteiger partial charge in [-0.15, -0.1) is 0 Å². The van der Waals surface area contributed by atoms with Crippen LogP contribution in [0.15, 0.2) is 47.4 Å². The molecule has 1 amide bonds. The summed E-state index contributed by atoms with van der Waals surface area (Å²) in [4.78, 5) is 12.2. The average Bonchev–Trinajstić information content (AvgIpc) is 2.39. The monoisotopic (exact) mass is 304 g/mol. The molecule has 0 aliphatic carbocycles. The van der Waals surface area contributed by atoms with E-state index < -0.39 is 10.0 Å². The molecule has 2 aromatic carbocycles. The summed E-state index contributed by atoms with van der Waals surface area (Å²) in [7, 11) is -3.74. The lowest BCUT2D eigenvalue weighted by Crippen LogP contribution is -2.15. The molecule has 5 nitrogen and oxygen atoms in total. The molecule has 0 saturated carbocycles. The number of carbonyl (C=O) groups excluding carboxylic acids is 1. The standard InChI is InChI=1S/C15H16N2O3S/c1-10-4-3-5-12(8-10)15(18)17-14-7-6-13(9-11(14)2)21(16,19)20/h3-9H,1-2H3,(H,17,18)(H2,16,19,20). The summed E-state index contributed by atoms with van der Waals surface area (Å²) in [6, 6.07) is 11.5. The van der Waals surface area contributed by atoms with Crippen LogP contribution in [0.2, 0.25) is 0 Å². The smallest absolute Gasteiger partial charge is 0.255 e. The van der Waals surface area contributed by atoms with Crippen molar-refractivity contribution in [2.75, 3.05) is 5.32 Å². The third-order valence-corrected chi connectivity index (χ3v) is 3.97. The highest BCUT2D eigenvalue weighted by molar-refractivity contribution is 7.89. The van der Waals surface area contributed by atoms with Crippen LogP contribution in [0.25, 0.3) is 0 Å². The van der Waals surface area contributed by atoms with Crippen LogP contribution >= 0.6 is 0 Å². The van der Waals surface area contributed by atoms with Crippen molar-refractivity contribution in [1.29, 1.82) is 0 Å². The fraction of sp³-hybridized carbons (Fsp3) is 0.133. The van der Waals surface area contributed by atoms with Gasteiger partial charge in [0.05, 0.1) is 4.90 Å². The Balaban J connectivity index is 2.26. The van der Waals surface area contributed by atoms with E-state index in [0.29, 0.717) is 16.8 Å². The van der Waals surface area contributed by atoms with Crippen LogP contribution < -0.4 is 10.5 Å². The van der Waals surface area contributed by atoms with Gasteiger partial charge in [0.1, 0.15) is 0 Å². The minimum absolute atomic E-state index is 0.0218. The Morgan fingerprint density at radius 3 is 2.38 bits per heavy atom. The van der Waals surface area contributed by atoms with Crippen LogP contribution in [0.3, 0.4) is 0 Å². The van der Waals surface area contributed by atoms with E-state index in [9.17, 15) is 13.2 Å². The minimum Gasteiger partial charge on any atom is -0.322 e. The van der Waals surface area contributed by atoms with Crippen LogP contribution in [0.1, 0.15) is 21.5 Å². The summed E-state index contributed by atoms with van der Waals surface area (Å²) < 4.78 is 22.5. The number of hydrogen-bond acceptors (Lipinski definition) is 3. The van der Waals surface area contributed by atoms with Crippen molar-refractivity contribution in [3.05, 3.63) is 59.2 Å². The fourth-order valence-corrected chi connectivity index (χ4v) is 2.53. The number of rotatable bonds is 3. The van der Waals surface area contributed by atoms with Crippen molar-refractivity contribution in [3.8, 4) is 0 Å². The Bertz CT molecular complexity index is 798. The van der Waals surface area contributed by atoms with Gasteiger partial charge >= 0.3 is 0 Å². The molecular weight excluding hydrogens is 288 g/mol. The Morgan fingerprint density at radius 2 is 1.81 bits per heavy atom. The highest BCUT2D eigenvalue weighted by Crippen LogP contribution is 2.19. The lowest BCUT2D eigenvalue weighted by atomic mass is 10.1. The van der Waals surface area contributed by atoms with Crippen molar-refractivity contribution < 1.29 is 13.2 Å². The zero-order chi connectivity index (χ0) is 15.6. The maximum absolute atomic E-state index is 12.1. The molecule has 0 radical (unpaired) electrons. The summed E-state index contributed by atoms with van der Waals surface area (Å²) in [5.74, 6) is -0.245. The summed E-state index contributed by atoms with van der Waals surface area (Å²) in [5, 5.41) is 7.83. The summed E-state index contributed by atoms with van der Waals surface area (Å²) in [6.45, 7) is 3.61. The molecule has 110 valence electrons. The lowest BCUT2D eigenvalue weighted by molar-refractivity contribution is 0.102. The topological polar surface area (TPSA) is 89.3 Å². The predicted molar refractivity (Wildman–Crippen MR) is 81.7 cm³/mol. The van der Waals surface area contributed by atoms with Gasteiger partial charge < -0.3 is 5.32 Å². The predicted octanol–water partition coefficient (Wildman–Crippen LogP) is 2.20. The maximum Gasteiger partial charge on any atom is 0.255 e. The third-order valence-electron chi connectivity index (χ3n) is 3.05. The number of sulfonamides is 1. The minimum atomic E-state index is -3.74. The van der Waals surface area contributed by atoms with E-state index in [1.54, 1.807) is 25.1 Å². The first kappa shape index (κ1) is 15.2. The van der Waals surface area contributed by atoms with Gasteiger partial charge in [0.25, 0.3) is 5.91 Å². The van der Waals surface area contributed by atoms with Gasteiger partial charge in [0.15, 0.2) is 0 Å². The van der Waals surface area contributed by atoms with Crippen LogP contribution in [0, 0.1) is 13.8 Å². The van der Waals surface area contributed by atoms with Gasteiger partial charge in [-0.1, -0.05) is 17.7 Å². The van der Waals surface area contributed by atoms with Crippen LogP contribution in [0.4, 0.5) is 5.69 Å². The Kier molecular flexibility index (Phi) is 4.11. The number of nitrogens with two attached hydrogens (primary N) is 1. The van der Waals surface area contributed by atoms with E-state index in [1.807, 2.05) is 13.0 Å². The molecule has 3 N–H and O–H groups in total. The van der Waals surface area contributed by atoms with E-state index in [2.05, 4.69) is 5.32 Å². The van der Waals surface area contributed by atoms with Gasteiger partial charge in [-0.3, -0.25) is 4.79 Å². The number of carbonyl (C=O) groups is 1. The number of anilines is 1. The fourth-order valence-electron chi connectivity index (χ4n) is 1.93. The van der Waals surface area contributed by atoms with Crippen molar-refractivity contribution in [1.82, 2.24) is 0 Å². The SMILES string of the molecule is Cc1cccc(C(=O)Nc2ccc(S(N)(=O)=O)cc2C)c1. The molecular formula is C15H16N2O3S. The second-order valence-corrected chi connectivity index (χ2v) is 6.41. The molecule has 0 unspecified atom stereocenters. The summed E-state index contributed by atoms with van der Waals surface area (Å²) in [6.07, 6.45) is 0. The van der Waals surface area contributed by atoms with Crippen LogP contribution in [0.5, 0.6) is 0 Å². The van der Waals surface area contributed by atoms with Gasteiger partial charge in [-0.25, -0.2) is 13.6 Å². The molecule has 0 aromatic heterocycles. The Morgan fingerprint density at radius 1 is 1.10 bits per heavy atom. The third kappa shape index (κ3) is 3.68. The molecule has 2 rings (SSSR count). The van der Waals surface area contributed by atoms with E-state index in [0.717, 1.165) is 5.56 Å². The molecule has 6 heteroatoms. The number of hydrogen-bond donors (Lipinski definition) is 2. The second-order valence-electron chi connectivity index (χ2n) is 4.85. The highest BCUT2D eigenvalue weighted by Gasteiger charge is 2.12. The molecule has 0 saturated heterocycles. The Labute approximate surface area is 123 Å². The maximum atomic E-state index is 12.1. The van der Waals surface area contributed by atoms with Crippen LogP contribution in [-0.4, -0.2) is 14.3 Å². The van der Waals surface area contributed by atoms with Gasteiger partial charge in [0, 0.05) is 11.3 Å². The zero-order valence-electron chi connectivity index (χ0n) is 11.8. The second kappa shape index (κ2) is 5.67. The normalized spacial score (nSPS) is 11.2. The van der Waals surface area contributed by atoms with Crippen LogP contribution in [-0.2, 0) is 10.0 Å². The molecule has 0 bridgehead atoms. The highest BCUT2D eigenvalue weighted by atomic mass is 32.2. The molecule has 0 aliphatic heterocycles. The van der Waals surface area contributed by atoms with E-state index in [1.165, 1.54) is 18.2 Å². The molecule has 0 atom stereocenters. The van der Waals surface area contributed by atoms with Crippen molar-refractivity contribution in [2.24, 2.45) is 5.14 Å². The molecule has 0 aliphatic rings. The van der Waals surface area contributed by atoms with Crippen molar-refractivity contribution >= 4 is 21.6 Å². The quantitative estimate of drug-likeness (QED) is 0.911. The number of aryl methyl sites for hydroxylation is 2. The number of primary sulfonamides is 1. The molecule has 21 heavy (non-hydrogen) atoms. The molecule has 0 fully saturated rings. The largest absolute Gasteiger partial charge is 0.322 e. The first-order valence-electron chi connectivity index (χ1n) is 6.29.